The third kappa shape index (κ3) is 2.44. The number of rotatable bonds is 3. The number of carboxylic acid groups (broad SMARTS) is 1. The molecule has 0 aromatic carbocycles. The Bertz CT molecular complexity index is 322. The zero-order valence-corrected chi connectivity index (χ0v) is 10.1. The van der Waals surface area contributed by atoms with Gasteiger partial charge in [-0.05, 0) is 32.6 Å². The normalized spacial score (nSPS) is 33.0. The number of nitrogens with zero attached hydrogens (tertiary/aromatic N) is 1. The van der Waals surface area contributed by atoms with E-state index in [0.717, 1.165) is 25.7 Å². The molecule has 1 N–H and O–H groups in total. The van der Waals surface area contributed by atoms with Crippen LogP contribution in [0.2, 0.25) is 0 Å². The van der Waals surface area contributed by atoms with Gasteiger partial charge in [0.15, 0.2) is 0 Å². The number of carboxylic acids is 1. The fourth-order valence-corrected chi connectivity index (χ4v) is 2.77. The molecular weight excluding hydrogens is 222 g/mol. The quantitative estimate of drug-likeness (QED) is 0.801. The van der Waals surface area contributed by atoms with Gasteiger partial charge in [-0.15, -0.1) is 0 Å². The van der Waals surface area contributed by atoms with Crippen LogP contribution in [-0.4, -0.2) is 46.7 Å². The van der Waals surface area contributed by atoms with Gasteiger partial charge in [-0.25, -0.2) is 0 Å². The summed E-state index contributed by atoms with van der Waals surface area (Å²) >= 11 is 0. The van der Waals surface area contributed by atoms with Crippen LogP contribution < -0.4 is 0 Å². The molecule has 2 rings (SSSR count). The Morgan fingerprint density at radius 1 is 1.47 bits per heavy atom. The Kier molecular flexibility index (Phi) is 3.38. The smallest absolute Gasteiger partial charge is 0.305 e. The Labute approximate surface area is 101 Å². The van der Waals surface area contributed by atoms with Gasteiger partial charge >= 0.3 is 5.97 Å². The number of likely N-dealkylation sites (tertiary alicyclic amines) is 1. The number of aliphatic carboxylic acids is 1. The zero-order chi connectivity index (χ0) is 12.5. The van der Waals surface area contributed by atoms with Gasteiger partial charge in [0.2, 0.25) is 0 Å². The van der Waals surface area contributed by atoms with E-state index in [4.69, 9.17) is 9.84 Å². The van der Waals surface area contributed by atoms with Crippen LogP contribution in [0, 0.1) is 0 Å². The van der Waals surface area contributed by atoms with Crippen LogP contribution in [0.25, 0.3) is 0 Å². The fraction of sp³-hybridized carbons (Fsp3) is 0.833. The van der Waals surface area contributed by atoms with Crippen LogP contribution in [-0.2, 0) is 14.3 Å². The molecular formula is C12H19NO4. The molecule has 1 amide bonds. The molecule has 2 heterocycles. The van der Waals surface area contributed by atoms with Crippen molar-refractivity contribution >= 4 is 11.9 Å². The molecule has 2 unspecified atom stereocenters. The third-order valence-corrected chi connectivity index (χ3v) is 3.72. The average molecular weight is 241 g/mol. The van der Waals surface area contributed by atoms with E-state index in [1.165, 1.54) is 0 Å². The number of carbonyl (C=O) groups excluding carboxylic acids is 1. The summed E-state index contributed by atoms with van der Waals surface area (Å²) in [5, 5.41) is 8.83. The van der Waals surface area contributed by atoms with Crippen molar-refractivity contribution in [2.24, 2.45) is 0 Å². The zero-order valence-electron chi connectivity index (χ0n) is 10.1. The van der Waals surface area contributed by atoms with Gasteiger partial charge in [-0.2, -0.15) is 0 Å². The maximum atomic E-state index is 12.4. The number of amides is 1. The molecule has 17 heavy (non-hydrogen) atoms. The minimum absolute atomic E-state index is 0.0289. The Morgan fingerprint density at radius 3 is 2.82 bits per heavy atom. The molecule has 96 valence electrons. The Hall–Kier alpha value is -1.10. The average Bonchev–Trinajstić information content (AvgIpc) is 2.86. The molecule has 5 nitrogen and oxygen atoms in total. The van der Waals surface area contributed by atoms with Crippen molar-refractivity contribution in [1.29, 1.82) is 0 Å². The highest BCUT2D eigenvalue weighted by atomic mass is 16.5. The van der Waals surface area contributed by atoms with Crippen molar-refractivity contribution < 1.29 is 19.4 Å². The second-order valence-electron chi connectivity index (χ2n) is 5.08. The third-order valence-electron chi connectivity index (χ3n) is 3.72. The Balaban J connectivity index is 2.05. The fourth-order valence-electron chi connectivity index (χ4n) is 2.77. The summed E-state index contributed by atoms with van der Waals surface area (Å²) in [7, 11) is 0. The van der Waals surface area contributed by atoms with E-state index in [2.05, 4.69) is 0 Å². The highest BCUT2D eigenvalue weighted by molar-refractivity contribution is 5.86. The first kappa shape index (κ1) is 12.4. The molecule has 0 radical (unpaired) electrons. The van der Waals surface area contributed by atoms with Crippen LogP contribution >= 0.6 is 0 Å². The maximum absolute atomic E-state index is 12.4. The topological polar surface area (TPSA) is 66.8 Å². The van der Waals surface area contributed by atoms with Crippen LogP contribution in [0.1, 0.15) is 39.0 Å². The van der Waals surface area contributed by atoms with Crippen LogP contribution in [0.4, 0.5) is 0 Å². The molecule has 0 aromatic rings. The van der Waals surface area contributed by atoms with Crippen molar-refractivity contribution in [3.8, 4) is 0 Å². The largest absolute Gasteiger partial charge is 0.481 e. The molecule has 2 atom stereocenters. The van der Waals surface area contributed by atoms with Gasteiger partial charge in [0.25, 0.3) is 5.91 Å². The lowest BCUT2D eigenvalue weighted by Gasteiger charge is -2.31. The molecule has 5 heteroatoms. The molecule has 0 saturated carbocycles. The monoisotopic (exact) mass is 241 g/mol. The van der Waals surface area contributed by atoms with Gasteiger partial charge in [-0.1, -0.05) is 0 Å². The summed E-state index contributed by atoms with van der Waals surface area (Å²) in [6.45, 7) is 3.11. The highest BCUT2D eigenvalue weighted by Crippen LogP contribution is 2.31. The van der Waals surface area contributed by atoms with Crippen LogP contribution in [0.5, 0.6) is 0 Å². The lowest BCUT2D eigenvalue weighted by molar-refractivity contribution is -0.153. The van der Waals surface area contributed by atoms with Gasteiger partial charge < -0.3 is 14.7 Å². The lowest BCUT2D eigenvalue weighted by atomic mass is 10.00. The Morgan fingerprint density at radius 2 is 2.24 bits per heavy atom. The van der Waals surface area contributed by atoms with Crippen LogP contribution in [0.15, 0.2) is 0 Å². The van der Waals surface area contributed by atoms with Crippen molar-refractivity contribution in [1.82, 2.24) is 4.90 Å². The molecule has 0 spiro atoms. The first-order valence-electron chi connectivity index (χ1n) is 6.20. The van der Waals surface area contributed by atoms with E-state index in [1.807, 2.05) is 6.92 Å². The predicted molar refractivity (Wildman–Crippen MR) is 60.6 cm³/mol. The summed E-state index contributed by atoms with van der Waals surface area (Å²) in [6.07, 6.45) is 3.36. The standard InChI is InChI=1S/C12H19NO4/c1-12(5-3-7-17-12)11(16)13-6-2-4-9(13)8-10(14)15/h9H,2-8H2,1H3,(H,14,15). The number of carbonyl (C=O) groups is 2. The maximum Gasteiger partial charge on any atom is 0.305 e. The molecule has 2 saturated heterocycles. The first-order valence-corrected chi connectivity index (χ1v) is 6.20. The molecule has 2 aliphatic heterocycles. The molecule has 0 bridgehead atoms. The highest BCUT2D eigenvalue weighted by Gasteiger charge is 2.44. The van der Waals surface area contributed by atoms with E-state index in [1.54, 1.807) is 4.90 Å². The van der Waals surface area contributed by atoms with Gasteiger partial charge in [0, 0.05) is 19.2 Å². The number of ether oxygens (including phenoxy) is 1. The van der Waals surface area contributed by atoms with Crippen molar-refractivity contribution in [3.05, 3.63) is 0 Å². The van der Waals surface area contributed by atoms with E-state index in [-0.39, 0.29) is 18.4 Å². The molecule has 2 aliphatic rings. The van der Waals surface area contributed by atoms with E-state index in [0.29, 0.717) is 13.2 Å². The molecule has 0 aliphatic carbocycles. The second-order valence-corrected chi connectivity index (χ2v) is 5.08. The summed E-state index contributed by atoms with van der Waals surface area (Å²) in [6, 6.07) is -0.152. The van der Waals surface area contributed by atoms with Crippen molar-refractivity contribution in [2.75, 3.05) is 13.2 Å². The number of hydrogen-bond donors (Lipinski definition) is 1. The number of hydrogen-bond acceptors (Lipinski definition) is 3. The SMILES string of the molecule is CC1(C(=O)N2CCCC2CC(=O)O)CCCO1. The van der Waals surface area contributed by atoms with Crippen LogP contribution in [0.3, 0.4) is 0 Å². The van der Waals surface area contributed by atoms with Crippen molar-refractivity contribution in [2.45, 2.75) is 50.7 Å². The second kappa shape index (κ2) is 4.64. The minimum Gasteiger partial charge on any atom is -0.481 e. The lowest BCUT2D eigenvalue weighted by Crippen LogP contribution is -2.49. The van der Waals surface area contributed by atoms with Gasteiger partial charge in [0.1, 0.15) is 5.60 Å². The van der Waals surface area contributed by atoms with E-state index in [9.17, 15) is 9.59 Å². The minimum atomic E-state index is -0.841. The van der Waals surface area contributed by atoms with E-state index >= 15 is 0 Å². The summed E-state index contributed by atoms with van der Waals surface area (Å²) < 4.78 is 5.53. The summed E-state index contributed by atoms with van der Waals surface area (Å²) in [5.74, 6) is -0.869. The summed E-state index contributed by atoms with van der Waals surface area (Å²) in [5.41, 5.74) is -0.721. The first-order chi connectivity index (χ1) is 8.03. The van der Waals surface area contributed by atoms with Gasteiger partial charge in [-0.3, -0.25) is 9.59 Å². The van der Waals surface area contributed by atoms with E-state index < -0.39 is 11.6 Å². The predicted octanol–water partition coefficient (Wildman–Crippen LogP) is 1.02. The molecule has 0 aromatic heterocycles. The van der Waals surface area contributed by atoms with Gasteiger partial charge in [0.05, 0.1) is 6.42 Å². The molecule has 2 fully saturated rings. The van der Waals surface area contributed by atoms with Crippen molar-refractivity contribution in [3.63, 3.8) is 0 Å². The summed E-state index contributed by atoms with van der Waals surface area (Å²) in [4.78, 5) is 24.8.